The fourth-order valence-electron chi connectivity index (χ4n) is 0.790. The van der Waals surface area contributed by atoms with E-state index in [-0.39, 0.29) is 0 Å². The molecule has 0 unspecified atom stereocenters. The summed E-state index contributed by atoms with van der Waals surface area (Å²) in [6.07, 6.45) is 1.84. The quantitative estimate of drug-likeness (QED) is 0.691. The zero-order valence-electron chi connectivity index (χ0n) is 6.50. The van der Waals surface area contributed by atoms with Crippen LogP contribution >= 0.6 is 11.9 Å². The van der Waals surface area contributed by atoms with Gasteiger partial charge in [0.25, 0.3) is 0 Å². The van der Waals surface area contributed by atoms with Crippen LogP contribution in [-0.2, 0) is 0 Å². The Morgan fingerprint density at radius 3 is 2.45 bits per heavy atom. The molecule has 0 aliphatic rings. The molecule has 0 aliphatic heterocycles. The van der Waals surface area contributed by atoms with Gasteiger partial charge >= 0.3 is 0 Å². The monoisotopic (exact) mass is 165 g/mol. The van der Waals surface area contributed by atoms with Crippen molar-refractivity contribution >= 4 is 18.0 Å². The first-order valence-corrected chi connectivity index (χ1v) is 4.24. The van der Waals surface area contributed by atoms with E-state index in [0.29, 0.717) is 0 Å². The number of benzene rings is 1. The van der Waals surface area contributed by atoms with Crippen molar-refractivity contribution < 1.29 is 0 Å². The van der Waals surface area contributed by atoms with Gasteiger partial charge in [-0.25, -0.2) is 0 Å². The zero-order chi connectivity index (χ0) is 8.10. The van der Waals surface area contributed by atoms with Gasteiger partial charge in [0.15, 0.2) is 0 Å². The second-order valence-electron chi connectivity index (χ2n) is 2.08. The van der Waals surface area contributed by atoms with Gasteiger partial charge in [-0.05, 0) is 36.7 Å². The molecular weight excluding hydrogens is 154 g/mol. The van der Waals surface area contributed by atoms with E-state index < -0.39 is 0 Å². The van der Waals surface area contributed by atoms with Crippen LogP contribution in [0.3, 0.4) is 0 Å². The molecule has 0 fully saturated rings. The highest BCUT2D eigenvalue weighted by Gasteiger charge is 1.89. The Morgan fingerprint density at radius 2 is 2.00 bits per heavy atom. The van der Waals surface area contributed by atoms with Crippen molar-refractivity contribution in [2.24, 2.45) is 0 Å². The summed E-state index contributed by atoms with van der Waals surface area (Å²) in [7, 11) is 1.91. The molecule has 0 amide bonds. The molecule has 1 aromatic carbocycles. The van der Waals surface area contributed by atoms with Crippen molar-refractivity contribution in [2.45, 2.75) is 4.90 Å². The van der Waals surface area contributed by atoms with Gasteiger partial charge in [0.1, 0.15) is 0 Å². The van der Waals surface area contributed by atoms with E-state index in [1.165, 1.54) is 4.90 Å². The molecule has 1 rings (SSSR count). The molecule has 0 bridgehead atoms. The predicted molar refractivity (Wildman–Crippen MR) is 51.4 cm³/mol. The molecule has 0 heterocycles. The van der Waals surface area contributed by atoms with Crippen molar-refractivity contribution in [1.82, 2.24) is 4.72 Å². The van der Waals surface area contributed by atoms with E-state index in [1.807, 2.05) is 25.3 Å². The topological polar surface area (TPSA) is 12.0 Å². The minimum atomic E-state index is 1.16. The maximum absolute atomic E-state index is 3.68. The molecule has 0 spiro atoms. The normalized spacial score (nSPS) is 9.55. The van der Waals surface area contributed by atoms with Crippen molar-refractivity contribution in [2.75, 3.05) is 7.05 Å². The fourth-order valence-corrected chi connectivity index (χ4v) is 1.30. The summed E-state index contributed by atoms with van der Waals surface area (Å²) in [5.74, 6) is 0. The second kappa shape index (κ2) is 4.21. The van der Waals surface area contributed by atoms with Gasteiger partial charge in [-0.1, -0.05) is 24.8 Å². The van der Waals surface area contributed by atoms with E-state index in [0.717, 1.165) is 5.56 Å². The average Bonchev–Trinajstić information content (AvgIpc) is 2.07. The highest BCUT2D eigenvalue weighted by molar-refractivity contribution is 7.97. The second-order valence-corrected chi connectivity index (χ2v) is 3.16. The van der Waals surface area contributed by atoms with Crippen molar-refractivity contribution in [3.8, 4) is 0 Å². The van der Waals surface area contributed by atoms with Crippen molar-refractivity contribution in [1.29, 1.82) is 0 Å². The van der Waals surface area contributed by atoms with Crippen LogP contribution in [0.4, 0.5) is 0 Å². The van der Waals surface area contributed by atoms with E-state index in [2.05, 4.69) is 23.4 Å². The van der Waals surface area contributed by atoms with Crippen LogP contribution in [0, 0.1) is 0 Å². The minimum absolute atomic E-state index is 1.16. The Bertz CT molecular complexity index is 228. The first kappa shape index (κ1) is 8.37. The zero-order valence-corrected chi connectivity index (χ0v) is 7.32. The highest BCUT2D eigenvalue weighted by Crippen LogP contribution is 2.14. The van der Waals surface area contributed by atoms with Crippen molar-refractivity contribution in [3.63, 3.8) is 0 Å². The molecule has 0 atom stereocenters. The Kier molecular flexibility index (Phi) is 3.20. The molecule has 0 saturated carbocycles. The molecule has 0 saturated heterocycles. The van der Waals surface area contributed by atoms with Gasteiger partial charge in [-0.3, -0.25) is 4.72 Å². The van der Waals surface area contributed by atoms with Gasteiger partial charge in [-0.2, -0.15) is 0 Å². The molecule has 1 nitrogen and oxygen atoms in total. The van der Waals surface area contributed by atoms with Crippen LogP contribution in [-0.4, -0.2) is 7.05 Å². The molecule has 1 aromatic rings. The Morgan fingerprint density at radius 1 is 1.36 bits per heavy atom. The SMILES string of the molecule is C=Cc1ccc(SNC)cc1. The van der Waals surface area contributed by atoms with Gasteiger partial charge in [0.2, 0.25) is 0 Å². The Hall–Kier alpha value is -0.730. The summed E-state index contributed by atoms with van der Waals surface area (Å²) in [6, 6.07) is 8.23. The lowest BCUT2D eigenvalue weighted by Gasteiger charge is -1.98. The van der Waals surface area contributed by atoms with Crippen LogP contribution in [0.15, 0.2) is 35.7 Å². The summed E-state index contributed by atoms with van der Waals surface area (Å²) in [5, 5.41) is 0. The lowest BCUT2D eigenvalue weighted by Crippen LogP contribution is -1.89. The summed E-state index contributed by atoms with van der Waals surface area (Å²) in [4.78, 5) is 1.22. The maximum atomic E-state index is 3.68. The summed E-state index contributed by atoms with van der Waals surface area (Å²) in [5.41, 5.74) is 1.16. The largest absolute Gasteiger partial charge is 0.263 e. The van der Waals surface area contributed by atoms with Crippen molar-refractivity contribution in [3.05, 3.63) is 36.4 Å². The first-order valence-electron chi connectivity index (χ1n) is 3.43. The molecule has 0 aliphatic carbocycles. The molecule has 0 radical (unpaired) electrons. The molecule has 2 heteroatoms. The first-order chi connectivity index (χ1) is 5.36. The third kappa shape index (κ3) is 2.41. The Balaban J connectivity index is 2.74. The number of hydrogen-bond donors (Lipinski definition) is 1. The summed E-state index contributed by atoms with van der Waals surface area (Å²) in [6.45, 7) is 3.68. The van der Waals surface area contributed by atoms with Crippen LogP contribution in [0.1, 0.15) is 5.56 Å². The third-order valence-electron chi connectivity index (χ3n) is 1.34. The van der Waals surface area contributed by atoms with E-state index in [1.54, 1.807) is 11.9 Å². The van der Waals surface area contributed by atoms with E-state index in [9.17, 15) is 0 Å². The molecular formula is C9H11NS. The van der Waals surface area contributed by atoms with Crippen LogP contribution in [0.5, 0.6) is 0 Å². The summed E-state index contributed by atoms with van der Waals surface area (Å²) >= 11 is 1.61. The van der Waals surface area contributed by atoms with E-state index in [4.69, 9.17) is 0 Å². The Labute approximate surface area is 71.6 Å². The third-order valence-corrected chi connectivity index (χ3v) is 2.05. The van der Waals surface area contributed by atoms with Crippen LogP contribution in [0.2, 0.25) is 0 Å². The van der Waals surface area contributed by atoms with Crippen LogP contribution in [0.25, 0.3) is 6.08 Å². The number of rotatable bonds is 3. The van der Waals surface area contributed by atoms with Gasteiger partial charge < -0.3 is 0 Å². The van der Waals surface area contributed by atoms with Gasteiger partial charge in [0, 0.05) is 4.90 Å². The van der Waals surface area contributed by atoms with E-state index >= 15 is 0 Å². The summed E-state index contributed by atoms with van der Waals surface area (Å²) < 4.78 is 3.01. The smallest absolute Gasteiger partial charge is 0.0228 e. The standard InChI is InChI=1S/C9H11NS/c1-3-8-4-6-9(7-5-8)11-10-2/h3-7,10H,1H2,2H3. The molecule has 58 valence electrons. The lowest BCUT2D eigenvalue weighted by atomic mass is 10.2. The molecule has 0 aromatic heterocycles. The fraction of sp³-hybridized carbons (Fsp3) is 0.111. The lowest BCUT2D eigenvalue weighted by molar-refractivity contribution is 1.28. The molecule has 1 N–H and O–H groups in total. The maximum Gasteiger partial charge on any atom is 0.0228 e. The number of hydrogen-bond acceptors (Lipinski definition) is 2. The average molecular weight is 165 g/mol. The highest BCUT2D eigenvalue weighted by atomic mass is 32.2. The number of nitrogens with one attached hydrogen (secondary N) is 1. The molecule has 11 heavy (non-hydrogen) atoms. The minimum Gasteiger partial charge on any atom is -0.263 e. The van der Waals surface area contributed by atoms with Gasteiger partial charge in [-0.15, -0.1) is 0 Å². The van der Waals surface area contributed by atoms with Crippen LogP contribution < -0.4 is 4.72 Å². The predicted octanol–water partition coefficient (Wildman–Crippen LogP) is 2.56. The van der Waals surface area contributed by atoms with Gasteiger partial charge in [0.05, 0.1) is 0 Å².